The molecule has 0 aliphatic rings. The Labute approximate surface area is 104 Å². The largest absolute Gasteiger partial charge is 0.464 e. The summed E-state index contributed by atoms with van der Waals surface area (Å²) in [6.45, 7) is 2.20. The molecular formula is C10H16N4O4. The van der Waals surface area contributed by atoms with Crippen molar-refractivity contribution in [2.75, 3.05) is 11.6 Å². The standard InChI is InChI=1S/C10H16N4O4/c1-3-4-5-18-10(17)14(12-9(15)16)8-6-11-13(2)7-8/h6-7,12H,3-5H2,1-2H3,(H,15,16). The normalized spacial score (nSPS) is 9.89. The zero-order valence-electron chi connectivity index (χ0n) is 10.3. The van der Waals surface area contributed by atoms with Crippen LogP contribution < -0.4 is 10.4 Å². The number of nitrogens with one attached hydrogen (secondary N) is 1. The van der Waals surface area contributed by atoms with Gasteiger partial charge in [-0.25, -0.2) is 15.0 Å². The summed E-state index contributed by atoms with van der Waals surface area (Å²) >= 11 is 0. The van der Waals surface area contributed by atoms with Gasteiger partial charge in [-0.1, -0.05) is 13.3 Å². The number of nitrogens with zero attached hydrogens (tertiary/aromatic N) is 3. The lowest BCUT2D eigenvalue weighted by atomic mass is 10.4. The maximum Gasteiger partial charge on any atom is 0.433 e. The number of carbonyl (C=O) groups is 2. The molecule has 18 heavy (non-hydrogen) atoms. The Morgan fingerprint density at radius 2 is 2.33 bits per heavy atom. The molecule has 1 aromatic rings. The zero-order valence-corrected chi connectivity index (χ0v) is 10.3. The van der Waals surface area contributed by atoms with Gasteiger partial charge in [-0.05, 0) is 6.42 Å². The highest BCUT2D eigenvalue weighted by molar-refractivity contribution is 5.89. The highest BCUT2D eigenvalue weighted by Crippen LogP contribution is 2.11. The van der Waals surface area contributed by atoms with Crippen molar-refractivity contribution >= 4 is 17.9 Å². The number of aryl methyl sites for hydroxylation is 1. The summed E-state index contributed by atoms with van der Waals surface area (Å²) in [6, 6.07) is 0. The molecule has 100 valence electrons. The fourth-order valence-electron chi connectivity index (χ4n) is 1.20. The maximum absolute atomic E-state index is 11.7. The van der Waals surface area contributed by atoms with Crippen molar-refractivity contribution in [3.63, 3.8) is 0 Å². The van der Waals surface area contributed by atoms with E-state index in [4.69, 9.17) is 9.84 Å². The van der Waals surface area contributed by atoms with Crippen LogP contribution in [0.25, 0.3) is 0 Å². The SMILES string of the molecule is CCCCOC(=O)N(NC(=O)O)c1cnn(C)c1. The molecule has 0 radical (unpaired) electrons. The average Bonchev–Trinajstić information content (AvgIpc) is 2.72. The summed E-state index contributed by atoms with van der Waals surface area (Å²) in [5.41, 5.74) is 2.25. The van der Waals surface area contributed by atoms with Crippen LogP contribution in [0.4, 0.5) is 15.3 Å². The van der Waals surface area contributed by atoms with Crippen LogP contribution >= 0.6 is 0 Å². The fourth-order valence-corrected chi connectivity index (χ4v) is 1.20. The quantitative estimate of drug-likeness (QED) is 0.626. The van der Waals surface area contributed by atoms with E-state index >= 15 is 0 Å². The Hall–Kier alpha value is -2.25. The number of rotatable bonds is 4. The molecule has 1 heterocycles. The highest BCUT2D eigenvalue weighted by atomic mass is 16.6. The van der Waals surface area contributed by atoms with Crippen LogP contribution in [0.2, 0.25) is 0 Å². The fraction of sp³-hybridized carbons (Fsp3) is 0.500. The number of amides is 2. The average molecular weight is 256 g/mol. The van der Waals surface area contributed by atoms with E-state index < -0.39 is 12.2 Å². The number of aromatic nitrogens is 2. The molecule has 0 aliphatic heterocycles. The number of unbranched alkanes of at least 4 members (excludes halogenated alkanes) is 1. The molecule has 0 saturated carbocycles. The first kappa shape index (κ1) is 13.8. The van der Waals surface area contributed by atoms with Crippen LogP contribution in [0.15, 0.2) is 12.4 Å². The van der Waals surface area contributed by atoms with E-state index in [2.05, 4.69) is 5.10 Å². The second kappa shape index (κ2) is 6.48. The molecule has 1 aromatic heterocycles. The van der Waals surface area contributed by atoms with Gasteiger partial charge in [0.25, 0.3) is 0 Å². The number of anilines is 1. The van der Waals surface area contributed by atoms with Crippen molar-refractivity contribution < 1.29 is 19.4 Å². The lowest BCUT2D eigenvalue weighted by Gasteiger charge is -2.19. The molecule has 1 rings (SSSR count). The number of hydrazine groups is 1. The summed E-state index contributed by atoms with van der Waals surface area (Å²) in [7, 11) is 1.66. The van der Waals surface area contributed by atoms with Gasteiger partial charge in [0.05, 0.1) is 19.0 Å². The molecule has 2 amide bonds. The van der Waals surface area contributed by atoms with E-state index in [0.29, 0.717) is 5.69 Å². The van der Waals surface area contributed by atoms with Crippen LogP contribution in [0.3, 0.4) is 0 Å². The topological polar surface area (TPSA) is 96.7 Å². The van der Waals surface area contributed by atoms with Gasteiger partial charge in [-0.2, -0.15) is 10.1 Å². The van der Waals surface area contributed by atoms with Crippen molar-refractivity contribution in [2.45, 2.75) is 19.8 Å². The minimum absolute atomic E-state index is 0.243. The molecule has 0 fully saturated rings. The van der Waals surface area contributed by atoms with Crippen LogP contribution in [-0.4, -0.2) is 33.7 Å². The van der Waals surface area contributed by atoms with E-state index in [1.807, 2.05) is 12.3 Å². The predicted octanol–water partition coefficient (Wildman–Crippen LogP) is 1.35. The maximum atomic E-state index is 11.7. The van der Waals surface area contributed by atoms with Crippen molar-refractivity contribution in [2.24, 2.45) is 7.05 Å². The van der Waals surface area contributed by atoms with Gasteiger partial charge in [0, 0.05) is 7.05 Å². The van der Waals surface area contributed by atoms with Crippen LogP contribution in [0.1, 0.15) is 19.8 Å². The molecule has 8 nitrogen and oxygen atoms in total. The number of ether oxygens (including phenoxy) is 1. The highest BCUT2D eigenvalue weighted by Gasteiger charge is 2.20. The van der Waals surface area contributed by atoms with Gasteiger partial charge in [-0.15, -0.1) is 0 Å². The molecule has 0 aromatic carbocycles. The van der Waals surface area contributed by atoms with Crippen LogP contribution in [0.5, 0.6) is 0 Å². The van der Waals surface area contributed by atoms with Gasteiger partial charge in [0.1, 0.15) is 5.69 Å². The number of hydrogen-bond donors (Lipinski definition) is 2. The Morgan fingerprint density at radius 3 is 2.83 bits per heavy atom. The van der Waals surface area contributed by atoms with E-state index in [9.17, 15) is 9.59 Å². The summed E-state index contributed by atoms with van der Waals surface area (Å²) in [4.78, 5) is 22.3. The Bertz CT molecular complexity index is 418. The third-order valence-corrected chi connectivity index (χ3v) is 2.06. The van der Waals surface area contributed by atoms with Crippen molar-refractivity contribution in [1.29, 1.82) is 0 Å². The van der Waals surface area contributed by atoms with Gasteiger partial charge < -0.3 is 9.84 Å². The van der Waals surface area contributed by atoms with E-state index in [0.717, 1.165) is 17.9 Å². The van der Waals surface area contributed by atoms with E-state index in [1.54, 1.807) is 7.05 Å². The predicted molar refractivity (Wildman–Crippen MR) is 63.1 cm³/mol. The first-order chi connectivity index (χ1) is 8.54. The second-order valence-corrected chi connectivity index (χ2v) is 3.59. The Balaban J connectivity index is 2.71. The minimum atomic E-state index is -1.36. The van der Waals surface area contributed by atoms with Crippen molar-refractivity contribution in [3.05, 3.63) is 12.4 Å². The summed E-state index contributed by atoms with van der Waals surface area (Å²) in [5, 5.41) is 13.3. The second-order valence-electron chi connectivity index (χ2n) is 3.59. The van der Waals surface area contributed by atoms with E-state index in [1.165, 1.54) is 17.1 Å². The number of carbonyl (C=O) groups excluding carboxylic acids is 1. The lowest BCUT2D eigenvalue weighted by molar-refractivity contribution is 0.145. The van der Waals surface area contributed by atoms with E-state index in [-0.39, 0.29) is 6.61 Å². The third-order valence-electron chi connectivity index (χ3n) is 2.06. The lowest BCUT2D eigenvalue weighted by Crippen LogP contribution is -2.46. The summed E-state index contributed by atoms with van der Waals surface area (Å²) in [6.07, 6.45) is 2.32. The number of hydrogen-bond acceptors (Lipinski definition) is 4. The van der Waals surface area contributed by atoms with Crippen molar-refractivity contribution in [3.8, 4) is 0 Å². The smallest absolute Gasteiger partial charge is 0.433 e. The first-order valence-electron chi connectivity index (χ1n) is 5.49. The van der Waals surface area contributed by atoms with Crippen LogP contribution in [0, 0.1) is 0 Å². The first-order valence-corrected chi connectivity index (χ1v) is 5.49. The molecule has 0 saturated heterocycles. The molecule has 8 heteroatoms. The van der Waals surface area contributed by atoms with Gasteiger partial charge in [-0.3, -0.25) is 4.68 Å². The molecule has 2 N–H and O–H groups in total. The Kier molecular flexibility index (Phi) is 4.97. The summed E-state index contributed by atoms with van der Waals surface area (Å²) in [5.74, 6) is 0. The van der Waals surface area contributed by atoms with Gasteiger partial charge >= 0.3 is 12.2 Å². The number of carboxylic acid groups (broad SMARTS) is 1. The molecule has 0 aliphatic carbocycles. The van der Waals surface area contributed by atoms with Gasteiger partial charge in [0.15, 0.2) is 0 Å². The molecule has 0 bridgehead atoms. The third kappa shape index (κ3) is 3.96. The minimum Gasteiger partial charge on any atom is -0.464 e. The molecule has 0 unspecified atom stereocenters. The Morgan fingerprint density at radius 1 is 1.61 bits per heavy atom. The van der Waals surface area contributed by atoms with Crippen molar-refractivity contribution in [1.82, 2.24) is 15.2 Å². The molecular weight excluding hydrogens is 240 g/mol. The molecule has 0 atom stereocenters. The van der Waals surface area contributed by atoms with Gasteiger partial charge in [0.2, 0.25) is 0 Å². The molecule has 0 spiro atoms. The summed E-state index contributed by atoms with van der Waals surface area (Å²) < 4.78 is 6.38. The monoisotopic (exact) mass is 256 g/mol. The zero-order chi connectivity index (χ0) is 13.5. The van der Waals surface area contributed by atoms with Crippen LogP contribution in [-0.2, 0) is 11.8 Å².